The Labute approximate surface area is 120 Å². The Morgan fingerprint density at radius 1 is 1.42 bits per heavy atom. The molecule has 0 aromatic heterocycles. The van der Waals surface area contributed by atoms with Crippen LogP contribution < -0.4 is 5.32 Å². The largest absolute Gasteiger partial charge is 0.370 e. The van der Waals surface area contributed by atoms with Crippen LogP contribution in [0.15, 0.2) is 30.3 Å². The van der Waals surface area contributed by atoms with E-state index in [-0.39, 0.29) is 24.4 Å². The topological polar surface area (TPSA) is 41.6 Å². The summed E-state index contributed by atoms with van der Waals surface area (Å²) in [4.78, 5) is 13.9. The summed E-state index contributed by atoms with van der Waals surface area (Å²) in [5, 5.41) is 3.00. The van der Waals surface area contributed by atoms with Gasteiger partial charge < -0.3 is 15.0 Å². The Hall–Kier alpha value is -1.10. The number of amides is 1. The van der Waals surface area contributed by atoms with Crippen LogP contribution in [0.3, 0.4) is 0 Å². The van der Waals surface area contributed by atoms with Crippen molar-refractivity contribution in [3.05, 3.63) is 35.9 Å². The van der Waals surface area contributed by atoms with E-state index in [0.717, 1.165) is 12.1 Å². The van der Waals surface area contributed by atoms with Gasteiger partial charge in [0, 0.05) is 19.5 Å². The summed E-state index contributed by atoms with van der Waals surface area (Å²) in [5.41, 5.74) is 1.14. The number of morpholine rings is 1. The highest BCUT2D eigenvalue weighted by atomic mass is 35.5. The molecule has 0 aliphatic carbocycles. The SMILES string of the molecule is CNCCC(=O)N1CCOC(c2ccccc2)C1.Cl. The molecule has 1 aromatic carbocycles. The van der Waals surface area contributed by atoms with Gasteiger partial charge in [-0.15, -0.1) is 12.4 Å². The van der Waals surface area contributed by atoms with Gasteiger partial charge >= 0.3 is 0 Å². The first-order chi connectivity index (χ1) is 8.81. The van der Waals surface area contributed by atoms with Crippen LogP contribution in [0.5, 0.6) is 0 Å². The second-order valence-corrected chi connectivity index (χ2v) is 4.46. The molecule has 1 unspecified atom stereocenters. The van der Waals surface area contributed by atoms with Crippen LogP contribution in [0.1, 0.15) is 18.1 Å². The van der Waals surface area contributed by atoms with Gasteiger partial charge in [-0.2, -0.15) is 0 Å². The molecule has 0 bridgehead atoms. The summed E-state index contributed by atoms with van der Waals surface area (Å²) in [7, 11) is 1.86. The lowest BCUT2D eigenvalue weighted by molar-refractivity contribution is -0.138. The van der Waals surface area contributed by atoms with Crippen LogP contribution in [-0.4, -0.2) is 44.1 Å². The summed E-state index contributed by atoms with van der Waals surface area (Å²) in [6.07, 6.45) is 0.566. The van der Waals surface area contributed by atoms with Gasteiger partial charge in [-0.05, 0) is 12.6 Å². The minimum atomic E-state index is 0. The Morgan fingerprint density at radius 2 is 2.16 bits per heavy atom. The van der Waals surface area contributed by atoms with Crippen molar-refractivity contribution in [2.24, 2.45) is 0 Å². The van der Waals surface area contributed by atoms with Crippen molar-refractivity contribution in [2.75, 3.05) is 33.3 Å². The fourth-order valence-electron chi connectivity index (χ4n) is 2.14. The van der Waals surface area contributed by atoms with Crippen LogP contribution in [0, 0.1) is 0 Å². The van der Waals surface area contributed by atoms with Gasteiger partial charge in [0.25, 0.3) is 0 Å². The van der Waals surface area contributed by atoms with Gasteiger partial charge in [-0.25, -0.2) is 0 Å². The molecule has 5 heteroatoms. The van der Waals surface area contributed by atoms with E-state index in [1.807, 2.05) is 42.3 Å². The number of hydrogen-bond acceptors (Lipinski definition) is 3. The van der Waals surface area contributed by atoms with Crippen LogP contribution in [0.4, 0.5) is 0 Å². The summed E-state index contributed by atoms with van der Waals surface area (Å²) >= 11 is 0. The van der Waals surface area contributed by atoms with E-state index in [2.05, 4.69) is 5.32 Å². The third kappa shape index (κ3) is 4.49. The number of halogens is 1. The fourth-order valence-corrected chi connectivity index (χ4v) is 2.14. The number of nitrogens with zero attached hydrogens (tertiary/aromatic N) is 1. The molecule has 1 amide bonds. The van der Waals surface area contributed by atoms with Gasteiger partial charge in [-0.3, -0.25) is 4.79 Å². The summed E-state index contributed by atoms with van der Waals surface area (Å²) in [5.74, 6) is 0.202. The zero-order valence-electron chi connectivity index (χ0n) is 11.2. The molecular weight excluding hydrogens is 264 g/mol. The number of ether oxygens (including phenoxy) is 1. The number of rotatable bonds is 4. The van der Waals surface area contributed by atoms with Crippen molar-refractivity contribution in [2.45, 2.75) is 12.5 Å². The first-order valence-electron chi connectivity index (χ1n) is 6.40. The molecule has 1 aliphatic heterocycles. The Morgan fingerprint density at radius 3 is 2.84 bits per heavy atom. The lowest BCUT2D eigenvalue weighted by Gasteiger charge is -2.33. The third-order valence-electron chi connectivity index (χ3n) is 3.18. The maximum Gasteiger partial charge on any atom is 0.224 e. The van der Waals surface area contributed by atoms with Gasteiger partial charge in [0.2, 0.25) is 5.91 Å². The molecule has 1 heterocycles. The summed E-state index contributed by atoms with van der Waals surface area (Å²) in [6.45, 7) is 2.70. The van der Waals surface area contributed by atoms with Crippen LogP contribution >= 0.6 is 12.4 Å². The Bertz CT molecular complexity index is 386. The van der Waals surface area contributed by atoms with Crippen molar-refractivity contribution in [1.29, 1.82) is 0 Å². The second-order valence-electron chi connectivity index (χ2n) is 4.46. The second kappa shape index (κ2) is 8.15. The van der Waals surface area contributed by atoms with Gasteiger partial charge in [0.05, 0.1) is 13.2 Å². The molecule has 1 fully saturated rings. The van der Waals surface area contributed by atoms with E-state index in [1.165, 1.54) is 0 Å². The predicted molar refractivity (Wildman–Crippen MR) is 77.5 cm³/mol. The molecule has 2 rings (SSSR count). The molecule has 1 atom stereocenters. The van der Waals surface area contributed by atoms with E-state index >= 15 is 0 Å². The predicted octanol–water partition coefficient (Wildman–Crippen LogP) is 1.62. The van der Waals surface area contributed by atoms with Gasteiger partial charge in [-0.1, -0.05) is 30.3 Å². The van der Waals surface area contributed by atoms with E-state index in [0.29, 0.717) is 26.1 Å². The minimum absolute atomic E-state index is 0. The number of benzene rings is 1. The summed E-state index contributed by atoms with van der Waals surface area (Å²) < 4.78 is 5.74. The standard InChI is InChI=1S/C14H20N2O2.ClH/c1-15-8-7-14(17)16-9-10-18-13(11-16)12-5-3-2-4-6-12;/h2-6,13,15H,7-11H2,1H3;1H. The van der Waals surface area contributed by atoms with E-state index in [9.17, 15) is 4.79 Å². The van der Waals surface area contributed by atoms with Crippen LogP contribution in [0.25, 0.3) is 0 Å². The Kier molecular flexibility index (Phi) is 6.84. The fraction of sp³-hybridized carbons (Fsp3) is 0.500. The quantitative estimate of drug-likeness (QED) is 0.913. The molecule has 19 heavy (non-hydrogen) atoms. The maximum absolute atomic E-state index is 12.0. The molecule has 1 aliphatic rings. The molecule has 0 spiro atoms. The number of carbonyl (C=O) groups excluding carboxylic acids is 1. The minimum Gasteiger partial charge on any atom is -0.370 e. The molecule has 1 N–H and O–H groups in total. The highest BCUT2D eigenvalue weighted by Gasteiger charge is 2.24. The zero-order chi connectivity index (χ0) is 12.8. The number of hydrogen-bond donors (Lipinski definition) is 1. The normalized spacial score (nSPS) is 18.8. The van der Waals surface area contributed by atoms with Crippen molar-refractivity contribution < 1.29 is 9.53 Å². The third-order valence-corrected chi connectivity index (χ3v) is 3.18. The molecule has 4 nitrogen and oxygen atoms in total. The first-order valence-corrected chi connectivity index (χ1v) is 6.40. The number of carbonyl (C=O) groups is 1. The van der Waals surface area contributed by atoms with Crippen molar-refractivity contribution in [3.63, 3.8) is 0 Å². The lowest BCUT2D eigenvalue weighted by atomic mass is 10.1. The number of nitrogens with one attached hydrogen (secondary N) is 1. The van der Waals surface area contributed by atoms with E-state index in [1.54, 1.807) is 0 Å². The monoisotopic (exact) mass is 284 g/mol. The smallest absolute Gasteiger partial charge is 0.224 e. The molecule has 1 aromatic rings. The molecular formula is C14H21ClN2O2. The van der Waals surface area contributed by atoms with Gasteiger partial charge in [0.1, 0.15) is 6.10 Å². The summed E-state index contributed by atoms with van der Waals surface area (Å²) in [6, 6.07) is 10.1. The van der Waals surface area contributed by atoms with Crippen molar-refractivity contribution in [1.82, 2.24) is 10.2 Å². The van der Waals surface area contributed by atoms with E-state index < -0.39 is 0 Å². The zero-order valence-corrected chi connectivity index (χ0v) is 12.0. The molecule has 1 saturated heterocycles. The molecule has 106 valence electrons. The Balaban J connectivity index is 0.00000180. The lowest BCUT2D eigenvalue weighted by Crippen LogP contribution is -2.42. The van der Waals surface area contributed by atoms with E-state index in [4.69, 9.17) is 4.74 Å². The molecule has 0 saturated carbocycles. The van der Waals surface area contributed by atoms with Gasteiger partial charge in [0.15, 0.2) is 0 Å². The van der Waals surface area contributed by atoms with Crippen molar-refractivity contribution in [3.8, 4) is 0 Å². The highest BCUT2D eigenvalue weighted by molar-refractivity contribution is 5.85. The average molecular weight is 285 g/mol. The highest BCUT2D eigenvalue weighted by Crippen LogP contribution is 2.22. The maximum atomic E-state index is 12.0. The first kappa shape index (κ1) is 16.0. The van der Waals surface area contributed by atoms with Crippen LogP contribution in [0.2, 0.25) is 0 Å². The average Bonchev–Trinajstić information content (AvgIpc) is 2.46. The van der Waals surface area contributed by atoms with Crippen LogP contribution in [-0.2, 0) is 9.53 Å². The molecule has 0 radical (unpaired) electrons. The van der Waals surface area contributed by atoms with Crippen molar-refractivity contribution >= 4 is 18.3 Å².